The van der Waals surface area contributed by atoms with E-state index in [4.69, 9.17) is 0 Å². The van der Waals surface area contributed by atoms with Crippen LogP contribution in [-0.4, -0.2) is 0 Å². The standard InChI is InChI=1S/C49H37N/c1-49(2)44-31-28-38(35-18-8-4-9-19-35)32-43(44)47-46(33-39-22-12-13-24-42(39)48(47)49)50(40-29-26-36(27-30-40)34-16-6-3-7-17-34)45-25-15-14-23-41(45)37-20-10-5-11-21-37/h3-33H,1-2H3. The molecule has 1 heteroatoms. The lowest BCUT2D eigenvalue weighted by atomic mass is 9.80. The Balaban J connectivity index is 1.36. The summed E-state index contributed by atoms with van der Waals surface area (Å²) in [5, 5.41) is 2.55. The van der Waals surface area contributed by atoms with E-state index in [0.29, 0.717) is 0 Å². The smallest absolute Gasteiger partial charge is 0.0549 e. The second-order valence-corrected chi connectivity index (χ2v) is 13.7. The van der Waals surface area contributed by atoms with Crippen molar-refractivity contribution in [3.63, 3.8) is 0 Å². The first kappa shape index (κ1) is 29.9. The summed E-state index contributed by atoms with van der Waals surface area (Å²) in [6.07, 6.45) is 0. The van der Waals surface area contributed by atoms with Crippen LogP contribution in [0.3, 0.4) is 0 Å². The van der Waals surface area contributed by atoms with Crippen molar-refractivity contribution < 1.29 is 0 Å². The number of benzene rings is 8. The van der Waals surface area contributed by atoms with Crippen LogP contribution in [0.5, 0.6) is 0 Å². The quantitative estimate of drug-likeness (QED) is 0.175. The molecule has 0 fully saturated rings. The summed E-state index contributed by atoms with van der Waals surface area (Å²) in [4.78, 5) is 2.50. The molecular weight excluding hydrogens is 603 g/mol. The highest BCUT2D eigenvalue weighted by Crippen LogP contribution is 2.58. The molecule has 9 rings (SSSR count). The third kappa shape index (κ3) is 4.94. The first-order chi connectivity index (χ1) is 24.6. The van der Waals surface area contributed by atoms with E-state index in [-0.39, 0.29) is 5.41 Å². The zero-order chi connectivity index (χ0) is 33.7. The molecule has 0 aliphatic heterocycles. The molecular formula is C49H37N. The molecule has 0 unspecified atom stereocenters. The Bertz CT molecular complexity index is 2480. The summed E-state index contributed by atoms with van der Waals surface area (Å²) >= 11 is 0. The van der Waals surface area contributed by atoms with Crippen molar-refractivity contribution in [2.24, 2.45) is 0 Å². The first-order valence-electron chi connectivity index (χ1n) is 17.4. The van der Waals surface area contributed by atoms with Gasteiger partial charge < -0.3 is 4.90 Å². The lowest BCUT2D eigenvalue weighted by molar-refractivity contribution is 0.666. The van der Waals surface area contributed by atoms with Crippen molar-refractivity contribution in [3.05, 3.63) is 199 Å². The highest BCUT2D eigenvalue weighted by Gasteiger charge is 2.40. The normalized spacial score (nSPS) is 12.8. The van der Waals surface area contributed by atoms with E-state index in [0.717, 1.165) is 11.4 Å². The topological polar surface area (TPSA) is 3.24 Å². The molecule has 0 aromatic heterocycles. The number of hydrogen-bond acceptors (Lipinski definition) is 1. The van der Waals surface area contributed by atoms with Gasteiger partial charge in [-0.3, -0.25) is 0 Å². The van der Waals surface area contributed by atoms with Gasteiger partial charge in [0.1, 0.15) is 0 Å². The van der Waals surface area contributed by atoms with Crippen LogP contribution in [0.15, 0.2) is 188 Å². The predicted molar refractivity (Wildman–Crippen MR) is 213 cm³/mol. The fourth-order valence-electron chi connectivity index (χ4n) is 8.04. The number of fused-ring (bicyclic) bond motifs is 5. The molecule has 0 spiro atoms. The van der Waals surface area contributed by atoms with E-state index in [1.165, 1.54) is 72.1 Å². The Labute approximate surface area is 294 Å². The third-order valence-electron chi connectivity index (χ3n) is 10.4. The van der Waals surface area contributed by atoms with Crippen LogP contribution in [-0.2, 0) is 5.41 Å². The van der Waals surface area contributed by atoms with Crippen LogP contribution in [0.1, 0.15) is 25.0 Å². The minimum absolute atomic E-state index is 0.197. The Kier molecular flexibility index (Phi) is 7.21. The summed E-state index contributed by atoms with van der Waals surface area (Å²) in [5.74, 6) is 0. The summed E-state index contributed by atoms with van der Waals surface area (Å²) in [6, 6.07) is 68.5. The highest BCUT2D eigenvalue weighted by atomic mass is 15.1. The second kappa shape index (κ2) is 12.1. The average Bonchev–Trinajstić information content (AvgIpc) is 3.42. The van der Waals surface area contributed by atoms with E-state index in [1.807, 2.05) is 0 Å². The van der Waals surface area contributed by atoms with Crippen LogP contribution in [0.4, 0.5) is 17.1 Å². The summed E-state index contributed by atoms with van der Waals surface area (Å²) in [5.41, 5.74) is 15.9. The molecule has 1 aliphatic rings. The summed E-state index contributed by atoms with van der Waals surface area (Å²) < 4.78 is 0. The number of hydrogen-bond donors (Lipinski definition) is 0. The molecule has 238 valence electrons. The van der Waals surface area contributed by atoms with Gasteiger partial charge in [-0.05, 0) is 85.6 Å². The monoisotopic (exact) mass is 639 g/mol. The van der Waals surface area contributed by atoms with Crippen molar-refractivity contribution >= 4 is 27.8 Å². The van der Waals surface area contributed by atoms with Gasteiger partial charge in [0.05, 0.1) is 11.4 Å². The number of nitrogens with zero attached hydrogens (tertiary/aromatic N) is 1. The Morgan fingerprint density at radius 3 is 1.64 bits per heavy atom. The fourth-order valence-corrected chi connectivity index (χ4v) is 8.04. The molecule has 1 nitrogen and oxygen atoms in total. The summed E-state index contributed by atoms with van der Waals surface area (Å²) in [7, 11) is 0. The van der Waals surface area contributed by atoms with Crippen molar-refractivity contribution in [2.45, 2.75) is 19.3 Å². The Morgan fingerprint density at radius 2 is 0.940 bits per heavy atom. The zero-order valence-corrected chi connectivity index (χ0v) is 28.3. The van der Waals surface area contributed by atoms with E-state index in [1.54, 1.807) is 0 Å². The maximum Gasteiger partial charge on any atom is 0.0549 e. The van der Waals surface area contributed by atoms with Crippen LogP contribution in [0.25, 0.3) is 55.3 Å². The van der Waals surface area contributed by atoms with E-state index < -0.39 is 0 Å². The van der Waals surface area contributed by atoms with Crippen LogP contribution in [0.2, 0.25) is 0 Å². The van der Waals surface area contributed by atoms with Crippen molar-refractivity contribution in [1.29, 1.82) is 0 Å². The van der Waals surface area contributed by atoms with Crippen molar-refractivity contribution in [2.75, 3.05) is 4.90 Å². The number of para-hydroxylation sites is 1. The fraction of sp³-hybridized carbons (Fsp3) is 0.0612. The van der Waals surface area contributed by atoms with Crippen LogP contribution >= 0.6 is 0 Å². The lowest BCUT2D eigenvalue weighted by Crippen LogP contribution is -2.17. The highest BCUT2D eigenvalue weighted by molar-refractivity contribution is 6.07. The molecule has 0 bridgehead atoms. The van der Waals surface area contributed by atoms with Gasteiger partial charge in [-0.2, -0.15) is 0 Å². The Morgan fingerprint density at radius 1 is 0.400 bits per heavy atom. The molecule has 8 aromatic carbocycles. The van der Waals surface area contributed by atoms with Gasteiger partial charge in [-0.25, -0.2) is 0 Å². The molecule has 0 atom stereocenters. The lowest BCUT2D eigenvalue weighted by Gasteiger charge is -2.31. The molecule has 1 aliphatic carbocycles. The predicted octanol–water partition coefficient (Wildman–Crippen LogP) is 13.6. The molecule has 50 heavy (non-hydrogen) atoms. The van der Waals surface area contributed by atoms with Gasteiger partial charge >= 0.3 is 0 Å². The van der Waals surface area contributed by atoms with Gasteiger partial charge in [-0.1, -0.05) is 172 Å². The largest absolute Gasteiger partial charge is 0.309 e. The maximum absolute atomic E-state index is 2.50. The van der Waals surface area contributed by atoms with Crippen LogP contribution in [0, 0.1) is 0 Å². The zero-order valence-electron chi connectivity index (χ0n) is 28.3. The minimum atomic E-state index is -0.197. The molecule has 0 saturated carbocycles. The van der Waals surface area contributed by atoms with Gasteiger partial charge in [0.15, 0.2) is 0 Å². The number of rotatable bonds is 6. The third-order valence-corrected chi connectivity index (χ3v) is 10.4. The van der Waals surface area contributed by atoms with Gasteiger partial charge in [0.25, 0.3) is 0 Å². The maximum atomic E-state index is 2.50. The van der Waals surface area contributed by atoms with Crippen molar-refractivity contribution in [1.82, 2.24) is 0 Å². The molecule has 8 aromatic rings. The molecule has 0 radical (unpaired) electrons. The average molecular weight is 640 g/mol. The number of anilines is 3. The minimum Gasteiger partial charge on any atom is -0.309 e. The Hall–Kier alpha value is -6.18. The second-order valence-electron chi connectivity index (χ2n) is 13.7. The molecule has 0 N–H and O–H groups in total. The molecule has 0 saturated heterocycles. The van der Waals surface area contributed by atoms with E-state index in [9.17, 15) is 0 Å². The van der Waals surface area contributed by atoms with Gasteiger partial charge in [0, 0.05) is 22.2 Å². The molecule has 0 heterocycles. The summed E-state index contributed by atoms with van der Waals surface area (Å²) in [6.45, 7) is 4.79. The van der Waals surface area contributed by atoms with E-state index in [2.05, 4.69) is 207 Å². The van der Waals surface area contributed by atoms with Crippen LogP contribution < -0.4 is 4.90 Å². The van der Waals surface area contributed by atoms with E-state index >= 15 is 0 Å². The van der Waals surface area contributed by atoms with Crippen molar-refractivity contribution in [3.8, 4) is 44.5 Å². The van der Waals surface area contributed by atoms with Gasteiger partial charge in [-0.15, -0.1) is 0 Å². The molecule has 0 amide bonds. The SMILES string of the molecule is CC1(C)c2ccc(-c3ccccc3)cc2-c2c(N(c3ccc(-c4ccccc4)cc3)c3ccccc3-c3ccccc3)cc3ccccc3c21. The first-order valence-corrected chi connectivity index (χ1v) is 17.4. The van der Waals surface area contributed by atoms with Gasteiger partial charge in [0.2, 0.25) is 0 Å².